The molecule has 1 saturated heterocycles. The summed E-state index contributed by atoms with van der Waals surface area (Å²) in [6, 6.07) is 4.77. The van der Waals surface area contributed by atoms with Gasteiger partial charge in [-0.3, -0.25) is 4.90 Å². The van der Waals surface area contributed by atoms with Gasteiger partial charge in [-0.05, 0) is 25.2 Å². The standard InChI is InChI=1S/C15H16FN5/c1-20-4-6-21(7-5-20)15-14-13(17-9-18-15)11-8-10(16)2-3-12(11)19-14/h2-3,8-9,19H,4-7H2,1H3/p+1. The van der Waals surface area contributed by atoms with Crippen LogP contribution in [-0.2, 0) is 0 Å². The molecular weight excluding hydrogens is 269 g/mol. The highest BCUT2D eigenvalue weighted by atomic mass is 19.1. The third kappa shape index (κ3) is 2.03. The van der Waals surface area contributed by atoms with Crippen LogP contribution in [0.3, 0.4) is 0 Å². The number of likely N-dealkylation sites (N-methyl/N-ethyl adjacent to an activating group) is 1. The molecule has 0 aliphatic carbocycles. The van der Waals surface area contributed by atoms with Gasteiger partial charge in [0.25, 0.3) is 0 Å². The van der Waals surface area contributed by atoms with Crippen molar-refractivity contribution in [3.8, 4) is 0 Å². The summed E-state index contributed by atoms with van der Waals surface area (Å²) < 4.78 is 13.5. The molecule has 0 radical (unpaired) electrons. The van der Waals surface area contributed by atoms with Gasteiger partial charge in [-0.2, -0.15) is 0 Å². The second-order valence-electron chi connectivity index (χ2n) is 5.58. The van der Waals surface area contributed by atoms with Gasteiger partial charge in [0.15, 0.2) is 11.0 Å². The van der Waals surface area contributed by atoms with E-state index in [2.05, 4.69) is 31.8 Å². The minimum Gasteiger partial charge on any atom is -0.346 e. The van der Waals surface area contributed by atoms with Gasteiger partial charge in [0.2, 0.25) is 12.1 Å². The third-order valence-corrected chi connectivity index (χ3v) is 4.18. The Balaban J connectivity index is 1.88. The van der Waals surface area contributed by atoms with Crippen molar-refractivity contribution < 1.29 is 9.37 Å². The van der Waals surface area contributed by atoms with Crippen LogP contribution in [0.5, 0.6) is 0 Å². The number of benzene rings is 1. The highest BCUT2D eigenvalue weighted by Gasteiger charge is 2.24. The van der Waals surface area contributed by atoms with E-state index in [-0.39, 0.29) is 5.82 Å². The molecule has 0 bridgehead atoms. The van der Waals surface area contributed by atoms with Gasteiger partial charge in [-0.25, -0.2) is 9.37 Å². The van der Waals surface area contributed by atoms with Crippen LogP contribution in [0.25, 0.3) is 21.9 Å². The van der Waals surface area contributed by atoms with Crippen molar-refractivity contribution in [2.75, 3.05) is 38.1 Å². The average molecular weight is 286 g/mol. The van der Waals surface area contributed by atoms with Crippen LogP contribution in [0.2, 0.25) is 0 Å². The molecule has 1 aliphatic rings. The van der Waals surface area contributed by atoms with Crippen LogP contribution >= 0.6 is 0 Å². The number of halogens is 1. The van der Waals surface area contributed by atoms with Gasteiger partial charge in [0, 0.05) is 24.0 Å². The number of fused-ring (bicyclic) bond motifs is 3. The molecule has 1 aliphatic heterocycles. The molecule has 3 aromatic rings. The maximum absolute atomic E-state index is 13.5. The van der Waals surface area contributed by atoms with Crippen molar-refractivity contribution in [3.63, 3.8) is 0 Å². The van der Waals surface area contributed by atoms with E-state index in [9.17, 15) is 4.39 Å². The Morgan fingerprint density at radius 3 is 2.86 bits per heavy atom. The van der Waals surface area contributed by atoms with Gasteiger partial charge in [-0.15, -0.1) is 4.98 Å². The number of hydrogen-bond donors (Lipinski definition) is 1. The molecule has 2 N–H and O–H groups in total. The first kappa shape index (κ1) is 12.5. The Bertz CT molecular complexity index is 804. The largest absolute Gasteiger partial charge is 0.346 e. The highest BCUT2D eigenvalue weighted by Crippen LogP contribution is 2.28. The zero-order valence-corrected chi connectivity index (χ0v) is 11.9. The van der Waals surface area contributed by atoms with Crippen LogP contribution in [0.1, 0.15) is 0 Å². The fourth-order valence-corrected chi connectivity index (χ4v) is 2.96. The van der Waals surface area contributed by atoms with Crippen molar-refractivity contribution in [2.45, 2.75) is 0 Å². The first-order chi connectivity index (χ1) is 10.2. The van der Waals surface area contributed by atoms with E-state index >= 15 is 0 Å². The number of H-pyrrole nitrogens is 2. The molecule has 4 rings (SSSR count). The number of nitrogens with zero attached hydrogens (tertiary/aromatic N) is 3. The van der Waals surface area contributed by atoms with Crippen LogP contribution in [0.15, 0.2) is 24.5 Å². The van der Waals surface area contributed by atoms with Gasteiger partial charge in [0.1, 0.15) is 5.82 Å². The normalized spacial score (nSPS) is 17.0. The second kappa shape index (κ2) is 4.66. The molecule has 5 nitrogen and oxygen atoms in total. The SMILES string of the molecule is CN1CCN(c2[nH+]cnc3c2[nH]c2ccc(F)cc23)CC1. The number of hydrogen-bond acceptors (Lipinski definition) is 3. The van der Waals surface area contributed by atoms with Gasteiger partial charge in [-0.1, -0.05) is 0 Å². The van der Waals surface area contributed by atoms with Gasteiger partial charge in [0.05, 0.1) is 13.1 Å². The van der Waals surface area contributed by atoms with Crippen molar-refractivity contribution >= 4 is 27.8 Å². The highest BCUT2D eigenvalue weighted by molar-refractivity contribution is 6.07. The molecule has 0 unspecified atom stereocenters. The number of nitrogens with one attached hydrogen (secondary N) is 2. The molecule has 6 heteroatoms. The van der Waals surface area contributed by atoms with E-state index in [1.54, 1.807) is 12.4 Å². The summed E-state index contributed by atoms with van der Waals surface area (Å²) in [5, 5.41) is 0.828. The molecule has 108 valence electrons. The van der Waals surface area contributed by atoms with Gasteiger partial charge < -0.3 is 9.88 Å². The van der Waals surface area contributed by atoms with Crippen LogP contribution in [0.4, 0.5) is 10.2 Å². The third-order valence-electron chi connectivity index (χ3n) is 4.18. The summed E-state index contributed by atoms with van der Waals surface area (Å²) in [4.78, 5) is 15.6. The molecule has 0 saturated carbocycles. The summed E-state index contributed by atoms with van der Waals surface area (Å²) in [7, 11) is 2.13. The number of aromatic amines is 2. The zero-order chi connectivity index (χ0) is 14.4. The number of piperazine rings is 1. The van der Waals surface area contributed by atoms with Crippen molar-refractivity contribution in [1.82, 2.24) is 14.9 Å². The van der Waals surface area contributed by atoms with Gasteiger partial charge >= 0.3 is 0 Å². The fourth-order valence-electron chi connectivity index (χ4n) is 2.96. The molecule has 0 spiro atoms. The van der Waals surface area contributed by atoms with Crippen LogP contribution in [-0.4, -0.2) is 48.1 Å². The molecule has 1 aromatic carbocycles. The molecule has 1 fully saturated rings. The monoisotopic (exact) mass is 286 g/mol. The lowest BCUT2D eigenvalue weighted by Crippen LogP contribution is -2.46. The summed E-state index contributed by atoms with van der Waals surface area (Å²) in [5.41, 5.74) is 2.67. The molecule has 2 aromatic heterocycles. The zero-order valence-electron chi connectivity index (χ0n) is 11.9. The molecule has 3 heterocycles. The van der Waals surface area contributed by atoms with E-state index in [1.165, 1.54) is 12.1 Å². The Kier molecular flexibility index (Phi) is 2.78. The van der Waals surface area contributed by atoms with E-state index in [0.29, 0.717) is 0 Å². The van der Waals surface area contributed by atoms with E-state index in [0.717, 1.165) is 53.9 Å². The van der Waals surface area contributed by atoms with E-state index < -0.39 is 0 Å². The Labute approximate surface area is 121 Å². The first-order valence-electron chi connectivity index (χ1n) is 7.13. The smallest absolute Gasteiger partial charge is 0.249 e. The number of rotatable bonds is 1. The summed E-state index contributed by atoms with van der Waals surface area (Å²) >= 11 is 0. The maximum atomic E-state index is 13.5. The lowest BCUT2D eigenvalue weighted by atomic mass is 10.2. The van der Waals surface area contributed by atoms with Crippen LogP contribution in [0, 0.1) is 5.82 Å². The minimum atomic E-state index is -0.237. The molecular formula is C15H17FN5+. The lowest BCUT2D eigenvalue weighted by Gasteiger charge is -2.29. The Morgan fingerprint density at radius 2 is 2.05 bits per heavy atom. The first-order valence-corrected chi connectivity index (χ1v) is 7.13. The minimum absolute atomic E-state index is 0.237. The summed E-state index contributed by atoms with van der Waals surface area (Å²) in [6.45, 7) is 4.00. The second-order valence-corrected chi connectivity index (χ2v) is 5.58. The molecule has 0 amide bonds. The fraction of sp³-hybridized carbons (Fsp3) is 0.333. The van der Waals surface area contributed by atoms with Crippen molar-refractivity contribution in [1.29, 1.82) is 0 Å². The topological polar surface area (TPSA) is 49.3 Å². The number of aromatic nitrogens is 3. The summed E-state index contributed by atoms with van der Waals surface area (Å²) in [6.07, 6.45) is 1.69. The molecule has 21 heavy (non-hydrogen) atoms. The summed E-state index contributed by atoms with van der Waals surface area (Å²) in [5.74, 6) is 0.795. The van der Waals surface area contributed by atoms with E-state index in [1.807, 2.05) is 0 Å². The average Bonchev–Trinajstić information content (AvgIpc) is 2.86. The maximum Gasteiger partial charge on any atom is 0.249 e. The lowest BCUT2D eigenvalue weighted by molar-refractivity contribution is -0.367. The Morgan fingerprint density at radius 1 is 1.24 bits per heavy atom. The quantitative estimate of drug-likeness (QED) is 0.736. The Hall–Kier alpha value is -2.21. The predicted octanol–water partition coefficient (Wildman–Crippen LogP) is 1.42. The number of anilines is 1. The van der Waals surface area contributed by atoms with Crippen LogP contribution < -0.4 is 9.88 Å². The molecule has 0 atom stereocenters. The predicted molar refractivity (Wildman–Crippen MR) is 79.8 cm³/mol. The van der Waals surface area contributed by atoms with Crippen molar-refractivity contribution in [2.24, 2.45) is 0 Å². The van der Waals surface area contributed by atoms with E-state index in [4.69, 9.17) is 0 Å². The van der Waals surface area contributed by atoms with Crippen molar-refractivity contribution in [3.05, 3.63) is 30.3 Å².